The molecule has 0 saturated carbocycles. The van der Waals surface area contributed by atoms with Crippen LogP contribution in [0.1, 0.15) is 49.8 Å². The van der Waals surface area contributed by atoms with Gasteiger partial charge in [0, 0.05) is 18.9 Å². The van der Waals surface area contributed by atoms with Crippen LogP contribution in [-0.4, -0.2) is 33.0 Å². The molecule has 40 heavy (non-hydrogen) atoms. The summed E-state index contributed by atoms with van der Waals surface area (Å²) >= 11 is 0. The lowest BCUT2D eigenvalue weighted by molar-refractivity contribution is -0.142. The minimum atomic E-state index is -0.770. The second-order valence-electron chi connectivity index (χ2n) is 10.3. The first-order valence-electron chi connectivity index (χ1n) is 13.6. The monoisotopic (exact) mass is 545 g/mol. The number of rotatable bonds is 13. The smallest absolute Gasteiger partial charge is 0.332 e. The predicted molar refractivity (Wildman–Crippen MR) is 152 cm³/mol. The van der Waals surface area contributed by atoms with Crippen LogP contribution in [-0.2, 0) is 29.1 Å². The molecular weight excluding hydrogens is 506 g/mol. The average molecular weight is 546 g/mol. The third-order valence-electron chi connectivity index (χ3n) is 6.66. The van der Waals surface area contributed by atoms with E-state index in [1.165, 1.54) is 5.01 Å². The fourth-order valence-electron chi connectivity index (χ4n) is 4.65. The van der Waals surface area contributed by atoms with Gasteiger partial charge in [0.25, 0.3) is 0 Å². The molecule has 212 valence electrons. The van der Waals surface area contributed by atoms with Crippen LogP contribution in [0.3, 0.4) is 0 Å². The van der Waals surface area contributed by atoms with E-state index in [0.717, 1.165) is 23.1 Å². The van der Waals surface area contributed by atoms with Gasteiger partial charge in [0.2, 0.25) is 11.8 Å². The zero-order valence-electron chi connectivity index (χ0n) is 23.1. The first-order chi connectivity index (χ1) is 19.4. The number of urea groups is 1. The number of carbonyl (C=O) groups is 3. The van der Waals surface area contributed by atoms with Crippen LogP contribution >= 0.6 is 0 Å². The quantitative estimate of drug-likeness (QED) is 0.184. The van der Waals surface area contributed by atoms with Crippen LogP contribution < -0.4 is 16.2 Å². The average Bonchev–Trinajstić information content (AvgIpc) is 2.98. The summed E-state index contributed by atoms with van der Waals surface area (Å²) in [6.07, 6.45) is 5.52. The number of hydroxylamine groups is 1. The minimum Gasteiger partial charge on any atom is -0.332 e. The van der Waals surface area contributed by atoms with Gasteiger partial charge in [-0.2, -0.15) is 0 Å². The molecule has 0 aliphatic heterocycles. The Labute approximate surface area is 235 Å². The highest BCUT2D eigenvalue weighted by Crippen LogP contribution is 2.27. The molecule has 4 N–H and O–H groups in total. The van der Waals surface area contributed by atoms with Crippen molar-refractivity contribution in [3.05, 3.63) is 102 Å². The van der Waals surface area contributed by atoms with Gasteiger partial charge in [-0.1, -0.05) is 80.6 Å². The highest BCUT2D eigenvalue weighted by Gasteiger charge is 2.35. The van der Waals surface area contributed by atoms with E-state index in [2.05, 4.69) is 15.7 Å². The Morgan fingerprint density at radius 3 is 2.10 bits per heavy atom. The van der Waals surface area contributed by atoms with E-state index < -0.39 is 29.7 Å². The minimum absolute atomic E-state index is 0.0980. The topological polar surface area (TPSA) is 124 Å². The number of hydrazine groups is 1. The number of carbonyl (C=O) groups excluding carboxylic acids is 3. The van der Waals surface area contributed by atoms with E-state index in [1.807, 2.05) is 80.6 Å². The van der Waals surface area contributed by atoms with Crippen molar-refractivity contribution in [2.24, 2.45) is 17.8 Å². The lowest BCUT2D eigenvalue weighted by atomic mass is 9.81. The van der Waals surface area contributed by atoms with Crippen molar-refractivity contribution in [2.45, 2.75) is 52.6 Å². The van der Waals surface area contributed by atoms with Crippen molar-refractivity contribution in [3.8, 4) is 0 Å². The summed E-state index contributed by atoms with van der Waals surface area (Å²) in [5.41, 5.74) is 7.32. The summed E-state index contributed by atoms with van der Waals surface area (Å²) in [4.78, 5) is 43.9. The van der Waals surface area contributed by atoms with Crippen molar-refractivity contribution in [1.82, 2.24) is 26.2 Å². The molecular formula is C31H39N5O4. The number of pyridine rings is 1. The molecule has 2 atom stereocenters. The molecule has 0 radical (unpaired) electrons. The lowest BCUT2D eigenvalue weighted by Gasteiger charge is -2.30. The largest absolute Gasteiger partial charge is 0.336 e. The van der Waals surface area contributed by atoms with Crippen molar-refractivity contribution in [3.63, 3.8) is 0 Å². The molecule has 4 amide bonds. The molecule has 1 heterocycles. The molecule has 0 aliphatic carbocycles. The Balaban J connectivity index is 1.77. The van der Waals surface area contributed by atoms with Gasteiger partial charge in [-0.15, -0.1) is 0 Å². The molecule has 0 saturated heterocycles. The third-order valence-corrected chi connectivity index (χ3v) is 6.66. The summed E-state index contributed by atoms with van der Waals surface area (Å²) in [5, 5.41) is 13.6. The number of nitrogens with zero attached hydrogens (tertiary/aromatic N) is 2. The zero-order valence-corrected chi connectivity index (χ0v) is 23.1. The van der Waals surface area contributed by atoms with Crippen molar-refractivity contribution >= 4 is 17.8 Å². The number of nitrogens with one attached hydrogen (secondary N) is 3. The summed E-state index contributed by atoms with van der Waals surface area (Å²) < 4.78 is 0. The van der Waals surface area contributed by atoms with Gasteiger partial charge >= 0.3 is 6.03 Å². The molecule has 0 bridgehead atoms. The van der Waals surface area contributed by atoms with E-state index in [0.29, 0.717) is 19.3 Å². The normalized spacial score (nSPS) is 12.3. The van der Waals surface area contributed by atoms with Crippen LogP contribution in [0.2, 0.25) is 0 Å². The van der Waals surface area contributed by atoms with Crippen LogP contribution in [0, 0.1) is 17.8 Å². The number of hydrogen-bond acceptors (Lipinski definition) is 5. The second-order valence-corrected chi connectivity index (χ2v) is 10.3. The predicted octanol–water partition coefficient (Wildman–Crippen LogP) is 4.63. The SMILES string of the molecule is CC(C)C[C@@H](C(=O)NN(Cc1ccccc1)C(=O)NCc1cccnc1)C(CCCc1ccccc1)C(=O)NO. The molecule has 0 aliphatic rings. The van der Waals surface area contributed by atoms with Crippen molar-refractivity contribution < 1.29 is 19.6 Å². The van der Waals surface area contributed by atoms with Gasteiger partial charge in [-0.25, -0.2) is 15.3 Å². The maximum atomic E-state index is 13.7. The molecule has 9 heteroatoms. The van der Waals surface area contributed by atoms with Crippen LogP contribution in [0.25, 0.3) is 0 Å². The molecule has 9 nitrogen and oxygen atoms in total. The first-order valence-corrected chi connectivity index (χ1v) is 13.6. The number of aryl methyl sites for hydroxylation is 1. The fraction of sp³-hybridized carbons (Fsp3) is 0.355. The number of hydrogen-bond donors (Lipinski definition) is 4. The fourth-order valence-corrected chi connectivity index (χ4v) is 4.65. The molecule has 0 spiro atoms. The first kappa shape index (κ1) is 30.3. The van der Waals surface area contributed by atoms with Gasteiger partial charge in [-0.05, 0) is 54.4 Å². The Morgan fingerprint density at radius 1 is 0.850 bits per heavy atom. The van der Waals surface area contributed by atoms with E-state index in [1.54, 1.807) is 23.9 Å². The van der Waals surface area contributed by atoms with Crippen LogP contribution in [0.4, 0.5) is 4.79 Å². The van der Waals surface area contributed by atoms with Crippen LogP contribution in [0.15, 0.2) is 85.2 Å². The Kier molecular flexibility index (Phi) is 12.1. The highest BCUT2D eigenvalue weighted by atomic mass is 16.5. The summed E-state index contributed by atoms with van der Waals surface area (Å²) in [6, 6.07) is 22.4. The summed E-state index contributed by atoms with van der Waals surface area (Å²) in [6.45, 7) is 4.31. The van der Waals surface area contributed by atoms with Crippen LogP contribution in [0.5, 0.6) is 0 Å². The molecule has 1 unspecified atom stereocenters. The molecule has 2 aromatic carbocycles. The van der Waals surface area contributed by atoms with Gasteiger partial charge in [0.1, 0.15) is 0 Å². The number of benzene rings is 2. The lowest BCUT2D eigenvalue weighted by Crippen LogP contribution is -2.53. The third kappa shape index (κ3) is 9.81. The van der Waals surface area contributed by atoms with Crippen molar-refractivity contribution in [1.29, 1.82) is 0 Å². The Hall–Kier alpha value is -4.24. The van der Waals surface area contributed by atoms with Crippen molar-refractivity contribution in [2.75, 3.05) is 0 Å². The standard InChI is InChI=1S/C31H39N5O4/c1-23(2)19-28(27(30(38)35-40)17-9-15-24-11-5-3-6-12-24)29(37)34-36(22-25-13-7-4-8-14-25)31(39)33-21-26-16-10-18-32-20-26/h3-8,10-14,16,18,20,23,27-28,40H,9,15,17,19,21-22H2,1-2H3,(H,33,39)(H,34,37)(H,35,38)/t27?,28-/m1/s1. The summed E-state index contributed by atoms with van der Waals surface area (Å²) in [7, 11) is 0. The van der Waals surface area contributed by atoms with E-state index >= 15 is 0 Å². The maximum Gasteiger partial charge on any atom is 0.336 e. The number of amides is 4. The van der Waals surface area contributed by atoms with Gasteiger partial charge in [0.15, 0.2) is 0 Å². The number of aromatic nitrogens is 1. The second kappa shape index (κ2) is 16.0. The van der Waals surface area contributed by atoms with Gasteiger partial charge < -0.3 is 5.32 Å². The maximum absolute atomic E-state index is 13.7. The zero-order chi connectivity index (χ0) is 28.7. The van der Waals surface area contributed by atoms with E-state index in [9.17, 15) is 19.6 Å². The van der Waals surface area contributed by atoms with Gasteiger partial charge in [0.05, 0.1) is 18.4 Å². The van der Waals surface area contributed by atoms with Gasteiger partial charge in [-0.3, -0.25) is 25.2 Å². The van der Waals surface area contributed by atoms with E-state index in [4.69, 9.17) is 0 Å². The Bertz CT molecular complexity index is 1190. The molecule has 3 aromatic rings. The highest BCUT2D eigenvalue weighted by molar-refractivity contribution is 5.88. The molecule has 3 rings (SSSR count). The Morgan fingerprint density at radius 2 is 1.50 bits per heavy atom. The molecule has 0 fully saturated rings. The summed E-state index contributed by atoms with van der Waals surface area (Å²) in [5.74, 6) is -2.49. The van der Waals surface area contributed by atoms with E-state index in [-0.39, 0.29) is 19.0 Å². The molecule has 1 aromatic heterocycles.